The van der Waals surface area contributed by atoms with Gasteiger partial charge in [-0.3, -0.25) is 25.2 Å². The maximum Gasteiger partial charge on any atom is 0.256 e. The summed E-state index contributed by atoms with van der Waals surface area (Å²) >= 11 is 0. The zero-order valence-corrected chi connectivity index (χ0v) is 19.1. The van der Waals surface area contributed by atoms with E-state index < -0.39 is 27.4 Å². The first-order valence-corrected chi connectivity index (χ1v) is 12.5. The molecular formula is C22H30N4O5S. The van der Waals surface area contributed by atoms with Gasteiger partial charge in [-0.1, -0.05) is 0 Å². The van der Waals surface area contributed by atoms with Crippen molar-refractivity contribution in [1.82, 2.24) is 15.6 Å². The van der Waals surface area contributed by atoms with Gasteiger partial charge in [0.15, 0.2) is 0 Å². The summed E-state index contributed by atoms with van der Waals surface area (Å²) in [6, 6.07) is 4.52. The summed E-state index contributed by atoms with van der Waals surface area (Å²) < 4.78 is 27.5. The van der Waals surface area contributed by atoms with Gasteiger partial charge in [0.2, 0.25) is 21.8 Å². The van der Waals surface area contributed by atoms with E-state index in [1.54, 1.807) is 0 Å². The number of carbonyl (C=O) groups excluding carboxylic acids is 3. The Morgan fingerprint density at radius 3 is 1.97 bits per heavy atom. The van der Waals surface area contributed by atoms with Gasteiger partial charge in [0.1, 0.15) is 0 Å². The predicted octanol–water partition coefficient (Wildman–Crippen LogP) is 1.68. The lowest BCUT2D eigenvalue weighted by Crippen LogP contribution is -2.58. The van der Waals surface area contributed by atoms with Crippen LogP contribution >= 0.6 is 0 Å². The minimum atomic E-state index is -3.96. The number of carbonyl (C=O) groups is 3. The van der Waals surface area contributed by atoms with Crippen molar-refractivity contribution < 1.29 is 22.8 Å². The molecule has 0 radical (unpaired) electrons. The van der Waals surface area contributed by atoms with Crippen molar-refractivity contribution >= 4 is 33.4 Å². The normalized spacial score (nSPS) is 29.2. The van der Waals surface area contributed by atoms with Crippen molar-refractivity contribution in [3.8, 4) is 0 Å². The van der Waals surface area contributed by atoms with Gasteiger partial charge in [0.25, 0.3) is 5.91 Å². The molecule has 174 valence electrons. The Labute approximate surface area is 188 Å². The summed E-state index contributed by atoms with van der Waals surface area (Å²) in [5, 5.41) is 2.56. The highest BCUT2D eigenvalue weighted by molar-refractivity contribution is 7.89. The molecule has 4 aliphatic rings. The summed E-state index contributed by atoms with van der Waals surface area (Å²) in [6.07, 6.45) is 6.25. The molecule has 3 amide bonds. The maximum atomic E-state index is 12.9. The van der Waals surface area contributed by atoms with Gasteiger partial charge in [-0.2, -0.15) is 4.72 Å². The van der Waals surface area contributed by atoms with E-state index in [9.17, 15) is 22.8 Å². The molecule has 0 heterocycles. The Balaban J connectivity index is 1.32. The van der Waals surface area contributed by atoms with Gasteiger partial charge < -0.3 is 5.32 Å². The highest BCUT2D eigenvalue weighted by Gasteiger charge is 2.54. The molecule has 4 fully saturated rings. The monoisotopic (exact) mass is 462 g/mol. The van der Waals surface area contributed by atoms with Crippen LogP contribution < -0.4 is 20.9 Å². The third-order valence-corrected chi connectivity index (χ3v) is 8.59. The first-order chi connectivity index (χ1) is 15.1. The standard InChI is InChI=1S/C22H30N4O5S/c1-13(26-32(30,31)19-5-3-18(4-6-19)23-14(2)27)20(28)24-25-21(29)22-10-15-7-16(11-22)9-17(8-15)12-22/h3-6,13,15-17,26H,7-12H2,1-2H3,(H,23,27)(H,24,28)(H,25,29)/t13-,15?,16?,17?,22?/m0/s1. The van der Waals surface area contributed by atoms with Crippen molar-refractivity contribution in [2.24, 2.45) is 23.2 Å². The smallest absolute Gasteiger partial charge is 0.256 e. The Bertz CT molecular complexity index is 986. The van der Waals surface area contributed by atoms with Crippen molar-refractivity contribution in [2.75, 3.05) is 5.32 Å². The average Bonchev–Trinajstić information content (AvgIpc) is 2.70. The Kier molecular flexibility index (Phi) is 6.02. The molecule has 0 aliphatic heterocycles. The van der Waals surface area contributed by atoms with Crippen LogP contribution in [0.1, 0.15) is 52.4 Å². The summed E-state index contributed by atoms with van der Waals surface area (Å²) in [6.45, 7) is 2.77. The molecule has 0 unspecified atom stereocenters. The predicted molar refractivity (Wildman–Crippen MR) is 117 cm³/mol. The van der Waals surface area contributed by atoms with E-state index in [2.05, 4.69) is 20.9 Å². The van der Waals surface area contributed by atoms with Crippen molar-refractivity contribution in [3.63, 3.8) is 0 Å². The molecule has 4 N–H and O–H groups in total. The number of nitrogens with one attached hydrogen (secondary N) is 4. The second-order valence-corrected chi connectivity index (χ2v) is 11.4. The number of amides is 3. The number of sulfonamides is 1. The molecule has 0 aromatic heterocycles. The van der Waals surface area contributed by atoms with Crippen molar-refractivity contribution in [2.45, 2.75) is 63.3 Å². The third-order valence-electron chi connectivity index (χ3n) is 7.03. The number of anilines is 1. The molecule has 0 saturated heterocycles. The molecule has 1 atom stereocenters. The quantitative estimate of drug-likeness (QED) is 0.477. The van der Waals surface area contributed by atoms with Crippen LogP contribution in [0.2, 0.25) is 0 Å². The van der Waals surface area contributed by atoms with Crippen LogP contribution in [-0.2, 0) is 24.4 Å². The van der Waals surface area contributed by atoms with E-state index in [1.807, 2.05) is 0 Å². The topological polar surface area (TPSA) is 133 Å². The van der Waals surface area contributed by atoms with Crippen LogP contribution in [0.4, 0.5) is 5.69 Å². The molecule has 10 heteroatoms. The minimum absolute atomic E-state index is 0.0381. The second kappa shape index (κ2) is 8.47. The highest BCUT2D eigenvalue weighted by Crippen LogP contribution is 2.60. The highest BCUT2D eigenvalue weighted by atomic mass is 32.2. The second-order valence-electron chi connectivity index (χ2n) is 9.69. The first-order valence-electron chi connectivity index (χ1n) is 11.1. The van der Waals surface area contributed by atoms with Crippen LogP contribution in [0.25, 0.3) is 0 Å². The van der Waals surface area contributed by atoms with Crippen molar-refractivity contribution in [3.05, 3.63) is 24.3 Å². The Hall–Kier alpha value is -2.46. The SMILES string of the molecule is CC(=O)Nc1ccc(S(=O)(=O)N[C@@H](C)C(=O)NNC(=O)C23CC4CC(CC(C4)C2)C3)cc1. The molecule has 32 heavy (non-hydrogen) atoms. The summed E-state index contributed by atoms with van der Waals surface area (Å²) in [5.41, 5.74) is 5.02. The molecule has 4 saturated carbocycles. The van der Waals surface area contributed by atoms with E-state index in [-0.39, 0.29) is 16.7 Å². The lowest BCUT2D eigenvalue weighted by atomic mass is 9.49. The number of rotatable bonds is 6. The van der Waals surface area contributed by atoms with E-state index >= 15 is 0 Å². The molecule has 1 aromatic carbocycles. The average molecular weight is 463 g/mol. The molecule has 0 spiro atoms. The third kappa shape index (κ3) is 4.66. The molecule has 4 aliphatic carbocycles. The van der Waals surface area contributed by atoms with Crippen LogP contribution in [0.5, 0.6) is 0 Å². The van der Waals surface area contributed by atoms with Gasteiger partial charge in [0.05, 0.1) is 16.4 Å². The van der Waals surface area contributed by atoms with E-state index in [1.165, 1.54) is 57.4 Å². The van der Waals surface area contributed by atoms with Gasteiger partial charge in [-0.05, 0) is 87.5 Å². The van der Waals surface area contributed by atoms with E-state index in [4.69, 9.17) is 0 Å². The minimum Gasteiger partial charge on any atom is -0.326 e. The lowest BCUT2D eigenvalue weighted by molar-refractivity contribution is -0.149. The zero-order valence-electron chi connectivity index (χ0n) is 18.3. The Morgan fingerprint density at radius 2 is 1.47 bits per heavy atom. The molecular weight excluding hydrogens is 432 g/mol. The Morgan fingerprint density at radius 1 is 0.938 bits per heavy atom. The van der Waals surface area contributed by atoms with Crippen LogP contribution in [0.15, 0.2) is 29.2 Å². The number of benzene rings is 1. The van der Waals surface area contributed by atoms with E-state index in [0.29, 0.717) is 23.4 Å². The molecule has 9 nitrogen and oxygen atoms in total. The number of hydrogen-bond donors (Lipinski definition) is 4. The maximum absolute atomic E-state index is 12.9. The van der Waals surface area contributed by atoms with Gasteiger partial charge in [-0.15, -0.1) is 0 Å². The van der Waals surface area contributed by atoms with E-state index in [0.717, 1.165) is 19.3 Å². The molecule has 4 bridgehead atoms. The molecule has 1 aromatic rings. The summed E-state index contributed by atoms with van der Waals surface area (Å²) in [7, 11) is -3.96. The zero-order chi connectivity index (χ0) is 23.1. The van der Waals surface area contributed by atoms with Gasteiger partial charge in [0, 0.05) is 12.6 Å². The van der Waals surface area contributed by atoms with Crippen LogP contribution in [0.3, 0.4) is 0 Å². The van der Waals surface area contributed by atoms with Gasteiger partial charge in [-0.25, -0.2) is 8.42 Å². The van der Waals surface area contributed by atoms with Crippen LogP contribution in [-0.4, -0.2) is 32.2 Å². The first kappa shape index (κ1) is 22.7. The largest absolute Gasteiger partial charge is 0.326 e. The number of hydrogen-bond acceptors (Lipinski definition) is 5. The summed E-state index contributed by atoms with van der Waals surface area (Å²) in [5.74, 6) is 0.746. The van der Waals surface area contributed by atoms with Crippen molar-refractivity contribution in [1.29, 1.82) is 0 Å². The van der Waals surface area contributed by atoms with Gasteiger partial charge >= 0.3 is 0 Å². The van der Waals surface area contributed by atoms with Crippen LogP contribution in [0, 0.1) is 23.2 Å². The lowest BCUT2D eigenvalue weighted by Gasteiger charge is -2.55. The number of hydrazine groups is 1. The fourth-order valence-electron chi connectivity index (χ4n) is 6.02. The summed E-state index contributed by atoms with van der Waals surface area (Å²) in [4.78, 5) is 36.5. The molecule has 5 rings (SSSR count). The fourth-order valence-corrected chi connectivity index (χ4v) is 7.23. The fraction of sp³-hybridized carbons (Fsp3) is 0.591.